The molecule has 2 saturated carbocycles. The molecule has 2 aliphatic heterocycles. The van der Waals surface area contributed by atoms with Crippen molar-refractivity contribution in [3.8, 4) is 40.4 Å². The number of pyridine rings is 2. The predicted octanol–water partition coefficient (Wildman–Crippen LogP) is 8.30. The summed E-state index contributed by atoms with van der Waals surface area (Å²) in [6.45, 7) is 4.49. The van der Waals surface area contributed by atoms with E-state index in [2.05, 4.69) is 37.1 Å². The SMILES string of the molecule is C.CCn1c(-c2nc3cc(C(=O)N4C[C@H]5CC[C@@H]4C5N)cc(OC)c3n2C)cc2ccc(OC(F)F)nc21.COc1cc(C(=O)N2CCCC(N)C2)cc2nc(-c3cc4ccc(C)nc4n3CC3CC3)n(C)c12. The molecule has 2 aromatic carbocycles. The summed E-state index contributed by atoms with van der Waals surface area (Å²) in [5.41, 5.74) is 20.9. The van der Waals surface area contributed by atoms with E-state index in [1.807, 2.05) is 65.1 Å². The lowest BCUT2D eigenvalue weighted by atomic mass is 10.0. The minimum absolute atomic E-state index is 0. The molecule has 2 amide bonds. The van der Waals surface area contributed by atoms with Crippen LogP contribution in [0.1, 0.15) is 79.3 Å². The molecule has 19 heteroatoms. The van der Waals surface area contributed by atoms with Crippen molar-refractivity contribution in [3.63, 3.8) is 0 Å². The number of fused-ring (bicyclic) bond motifs is 6. The third-order valence-corrected chi connectivity index (χ3v) is 15.2. The minimum atomic E-state index is -2.95. The number of likely N-dealkylation sites (tertiary alicyclic amines) is 2. The molecule has 4 aliphatic rings. The maximum absolute atomic E-state index is 13.5. The van der Waals surface area contributed by atoms with E-state index in [0.717, 1.165) is 94.6 Å². The van der Waals surface area contributed by atoms with Crippen LogP contribution in [0.4, 0.5) is 8.78 Å². The Morgan fingerprint density at radius 2 is 1.34 bits per heavy atom. The molecule has 4 N–H and O–H groups in total. The smallest absolute Gasteiger partial charge is 0.388 e. The van der Waals surface area contributed by atoms with Crippen molar-refractivity contribution in [1.82, 2.24) is 48.0 Å². The summed E-state index contributed by atoms with van der Waals surface area (Å²) in [6, 6.07) is 18.8. The molecule has 2 aliphatic carbocycles. The third kappa shape index (κ3) is 8.79. The first-order valence-corrected chi connectivity index (χ1v) is 24.9. The van der Waals surface area contributed by atoms with Crippen molar-refractivity contribution in [2.45, 2.75) is 97.6 Å². The van der Waals surface area contributed by atoms with E-state index in [4.69, 9.17) is 35.9 Å². The van der Waals surface area contributed by atoms with Crippen LogP contribution in [0.5, 0.6) is 17.4 Å². The number of aryl methyl sites for hydroxylation is 4. The predicted molar refractivity (Wildman–Crippen MR) is 277 cm³/mol. The number of hydrogen-bond acceptors (Lipinski definition) is 11. The van der Waals surface area contributed by atoms with Crippen LogP contribution in [-0.2, 0) is 27.2 Å². The Kier molecular flexibility index (Phi) is 13.1. The summed E-state index contributed by atoms with van der Waals surface area (Å²) in [6.07, 6.45) is 6.40. The van der Waals surface area contributed by atoms with Crippen molar-refractivity contribution in [1.29, 1.82) is 0 Å². The number of alkyl halides is 2. The Morgan fingerprint density at radius 1 is 0.740 bits per heavy atom. The number of methoxy groups -OCH3 is 2. The number of benzene rings is 2. The summed E-state index contributed by atoms with van der Waals surface area (Å²) in [4.78, 5) is 49.6. The number of carbonyl (C=O) groups excluding carboxylic acids is 2. The topological polar surface area (TPSA) is 192 Å². The van der Waals surface area contributed by atoms with Crippen LogP contribution in [0.15, 0.2) is 60.7 Å². The van der Waals surface area contributed by atoms with Crippen molar-refractivity contribution < 1.29 is 32.6 Å². The van der Waals surface area contributed by atoms with Gasteiger partial charge in [-0.05, 0) is 119 Å². The molecule has 6 aromatic heterocycles. The van der Waals surface area contributed by atoms with Crippen LogP contribution in [-0.4, -0.2) is 118 Å². The van der Waals surface area contributed by atoms with E-state index in [1.165, 1.54) is 18.9 Å². The highest BCUT2D eigenvalue weighted by Crippen LogP contribution is 2.41. The zero-order valence-electron chi connectivity index (χ0n) is 41.4. The lowest BCUT2D eigenvalue weighted by Crippen LogP contribution is -2.45. The Labute approximate surface area is 422 Å². The average Bonchev–Trinajstić information content (AvgIpc) is 3.68. The van der Waals surface area contributed by atoms with Crippen LogP contribution < -0.4 is 25.7 Å². The number of nitrogens with zero attached hydrogens (tertiary/aromatic N) is 10. The molecule has 73 heavy (non-hydrogen) atoms. The highest BCUT2D eigenvalue weighted by Gasteiger charge is 2.47. The molecule has 0 radical (unpaired) electrons. The molecule has 17 nitrogen and oxygen atoms in total. The fourth-order valence-electron chi connectivity index (χ4n) is 11.4. The minimum Gasteiger partial charge on any atom is -0.494 e. The molecule has 384 valence electrons. The van der Waals surface area contributed by atoms with Crippen molar-refractivity contribution in [2.24, 2.45) is 37.4 Å². The van der Waals surface area contributed by atoms with Crippen LogP contribution in [0.2, 0.25) is 0 Å². The fraction of sp³-hybridized carbons (Fsp3) is 0.444. The van der Waals surface area contributed by atoms with E-state index < -0.39 is 6.61 Å². The quantitative estimate of drug-likeness (QED) is 0.127. The average molecular weight is 999 g/mol. The van der Waals surface area contributed by atoms with Crippen LogP contribution >= 0.6 is 0 Å². The Hall–Kier alpha value is -7.12. The maximum atomic E-state index is 13.5. The van der Waals surface area contributed by atoms with Gasteiger partial charge in [0.15, 0.2) is 11.6 Å². The Bertz CT molecular complexity index is 3430. The van der Waals surface area contributed by atoms with Gasteiger partial charge in [0.1, 0.15) is 33.8 Å². The van der Waals surface area contributed by atoms with Crippen LogP contribution in [0.3, 0.4) is 0 Å². The number of imidazole rings is 2. The standard InChI is InChI=1S/C27H32N6O2.C26H28F2N6O3.CH4/c1-16-6-9-18-12-22(33(25(18)29-16)14-17-7-8-17)26-30-21-11-19(13-23(35-3)24(21)31(26)2)27(34)32-10-4-5-20(28)15-32;1-4-33-18(10-13-6-8-20(31-23(13)33)37-26(27)28)24-30-16-9-15(11-19(36-3)22(16)32(24)2)25(35)34-12-14-5-7-17(34)21(14)29;/h6,9,11-13,17,20H,4-5,7-8,10,14-15,28H2,1-3H3;6,8-11,14,17,21,26H,4-5,7,12,29H2,1-3H3;1H4/t;14-,17-,21?;/m.1./s1. The second-order valence-corrected chi connectivity index (χ2v) is 19.8. The first-order valence-electron chi connectivity index (χ1n) is 24.9. The number of ether oxygens (including phenoxy) is 3. The fourth-order valence-corrected chi connectivity index (χ4v) is 11.4. The summed E-state index contributed by atoms with van der Waals surface area (Å²) >= 11 is 0. The van der Waals surface area contributed by atoms with Gasteiger partial charge < -0.3 is 53.7 Å². The maximum Gasteiger partial charge on any atom is 0.388 e. The number of piperidine rings is 2. The van der Waals surface area contributed by atoms with Gasteiger partial charge in [0.25, 0.3) is 11.8 Å². The summed E-state index contributed by atoms with van der Waals surface area (Å²) in [5.74, 6) is 3.49. The van der Waals surface area contributed by atoms with Gasteiger partial charge in [-0.25, -0.2) is 15.0 Å². The zero-order valence-corrected chi connectivity index (χ0v) is 41.4. The molecule has 0 spiro atoms. The van der Waals surface area contributed by atoms with E-state index in [1.54, 1.807) is 32.4 Å². The molecule has 4 atom stereocenters. The second kappa shape index (κ2) is 19.4. The molecular formula is C54H64F2N12O5. The van der Waals surface area contributed by atoms with Gasteiger partial charge in [0.05, 0.1) is 36.6 Å². The number of nitrogens with two attached hydrogens (primary N) is 2. The molecule has 12 rings (SSSR count). The van der Waals surface area contributed by atoms with Crippen LogP contribution in [0.25, 0.3) is 67.2 Å². The van der Waals surface area contributed by atoms with Crippen molar-refractivity contribution in [2.75, 3.05) is 33.9 Å². The highest BCUT2D eigenvalue weighted by atomic mass is 19.3. The largest absolute Gasteiger partial charge is 0.494 e. The van der Waals surface area contributed by atoms with E-state index in [9.17, 15) is 18.4 Å². The third-order valence-electron chi connectivity index (χ3n) is 15.2. The molecule has 8 heterocycles. The highest BCUT2D eigenvalue weighted by molar-refractivity contribution is 6.01. The number of rotatable bonds is 11. The first kappa shape index (κ1) is 49.5. The molecule has 2 unspecified atom stereocenters. The van der Waals surface area contributed by atoms with Gasteiger partial charge in [0, 0.05) is 98.6 Å². The van der Waals surface area contributed by atoms with Gasteiger partial charge in [-0.3, -0.25) is 9.59 Å². The number of carbonyl (C=O) groups is 2. The van der Waals surface area contributed by atoms with E-state index in [0.29, 0.717) is 71.1 Å². The summed E-state index contributed by atoms with van der Waals surface area (Å²) in [5, 5.41) is 1.89. The monoisotopic (exact) mass is 999 g/mol. The molecule has 2 bridgehead atoms. The first-order chi connectivity index (χ1) is 34.7. The second-order valence-electron chi connectivity index (χ2n) is 19.8. The lowest BCUT2D eigenvalue weighted by molar-refractivity contribution is -0.0526. The van der Waals surface area contributed by atoms with Gasteiger partial charge in [0.2, 0.25) is 5.88 Å². The van der Waals surface area contributed by atoms with E-state index in [-0.39, 0.29) is 43.2 Å². The molecule has 8 aromatic rings. The number of amides is 2. The molecule has 2 saturated heterocycles. The summed E-state index contributed by atoms with van der Waals surface area (Å²) in [7, 11) is 7.10. The van der Waals surface area contributed by atoms with Crippen LogP contribution in [0, 0.1) is 18.8 Å². The Balaban J connectivity index is 0.000000165. The zero-order chi connectivity index (χ0) is 50.3. The summed E-state index contributed by atoms with van der Waals surface area (Å²) < 4.78 is 49.6. The van der Waals surface area contributed by atoms with Gasteiger partial charge in [-0.15, -0.1) is 0 Å². The number of hydrogen-bond donors (Lipinski definition) is 2. The van der Waals surface area contributed by atoms with Crippen molar-refractivity contribution >= 4 is 55.9 Å². The van der Waals surface area contributed by atoms with Gasteiger partial charge in [-0.1, -0.05) is 7.43 Å². The van der Waals surface area contributed by atoms with Crippen molar-refractivity contribution in [3.05, 3.63) is 77.5 Å². The molecule has 4 fully saturated rings. The Morgan fingerprint density at radius 3 is 1.89 bits per heavy atom. The van der Waals surface area contributed by atoms with Gasteiger partial charge >= 0.3 is 6.61 Å². The molecular weight excluding hydrogens is 935 g/mol. The van der Waals surface area contributed by atoms with E-state index >= 15 is 0 Å². The lowest BCUT2D eigenvalue weighted by Gasteiger charge is -2.30. The number of aromatic nitrogens is 8. The number of halogens is 2. The van der Waals surface area contributed by atoms with Gasteiger partial charge in [-0.2, -0.15) is 13.8 Å². The normalized spacial score (nSPS) is 19.5.